The molecule has 20 heavy (non-hydrogen) atoms. The van der Waals surface area contributed by atoms with Gasteiger partial charge in [-0.1, -0.05) is 0 Å². The maximum Gasteiger partial charge on any atom is 0.139 e. The number of aryl methyl sites for hydroxylation is 2. The van der Waals surface area contributed by atoms with Crippen LogP contribution in [0.2, 0.25) is 0 Å². The molecule has 0 unspecified atom stereocenters. The summed E-state index contributed by atoms with van der Waals surface area (Å²) in [5.74, 6) is -0.355. The van der Waals surface area contributed by atoms with Crippen LogP contribution in [-0.4, -0.2) is 11.2 Å². The number of ether oxygens (including phenoxy) is 1. The Hall–Kier alpha value is -1.84. The predicted molar refractivity (Wildman–Crippen MR) is 73.7 cm³/mol. The Morgan fingerprint density at radius 2 is 1.85 bits per heavy atom. The molecule has 1 aromatic carbocycles. The molecule has 0 spiro atoms. The Morgan fingerprint density at radius 1 is 1.20 bits per heavy atom. The zero-order valence-corrected chi connectivity index (χ0v) is 11.6. The molecule has 0 N–H and O–H groups in total. The lowest BCUT2D eigenvalue weighted by Gasteiger charge is -2.10. The number of benzene rings is 1. The third kappa shape index (κ3) is 2.55. The van der Waals surface area contributed by atoms with Gasteiger partial charge in [-0.3, -0.25) is 0 Å². The average molecular weight is 277 g/mol. The minimum atomic E-state index is -0.586. The minimum absolute atomic E-state index is 0.000582. The van der Waals surface area contributed by atoms with Crippen LogP contribution >= 0.6 is 0 Å². The fraction of sp³-hybridized carbons (Fsp3) is 0.375. The Balaban J connectivity index is 1.93. The lowest BCUT2D eigenvalue weighted by Crippen LogP contribution is -2.02. The first-order valence-electron chi connectivity index (χ1n) is 6.80. The number of hydrogen-bond acceptors (Lipinski definition) is 1. The molecule has 1 aromatic heterocycles. The second kappa shape index (κ2) is 4.93. The lowest BCUT2D eigenvalue weighted by molar-refractivity contribution is 0.297. The molecule has 1 fully saturated rings. The largest absolute Gasteiger partial charge is 0.493 e. The first-order valence-corrected chi connectivity index (χ1v) is 6.80. The van der Waals surface area contributed by atoms with Crippen molar-refractivity contribution in [3.05, 3.63) is 41.6 Å². The molecule has 3 rings (SSSR count). The van der Waals surface area contributed by atoms with Crippen LogP contribution in [0, 0.1) is 24.5 Å². The van der Waals surface area contributed by atoms with E-state index in [1.54, 1.807) is 17.7 Å². The predicted octanol–water partition coefficient (Wildman–Crippen LogP) is 4.07. The smallest absolute Gasteiger partial charge is 0.139 e. The van der Waals surface area contributed by atoms with Crippen molar-refractivity contribution in [3.8, 4) is 17.0 Å². The van der Waals surface area contributed by atoms with Crippen LogP contribution in [0.5, 0.6) is 5.75 Å². The maximum absolute atomic E-state index is 14.2. The Bertz CT molecular complexity index is 621. The normalized spacial score (nSPS) is 14.6. The third-order valence-corrected chi connectivity index (χ3v) is 3.60. The molecule has 1 aliphatic carbocycles. The van der Waals surface area contributed by atoms with Crippen LogP contribution in [-0.2, 0) is 7.05 Å². The van der Waals surface area contributed by atoms with Crippen molar-refractivity contribution in [2.75, 3.05) is 6.61 Å². The van der Waals surface area contributed by atoms with Crippen LogP contribution in [0.15, 0.2) is 24.4 Å². The van der Waals surface area contributed by atoms with Crippen LogP contribution in [0.4, 0.5) is 8.78 Å². The van der Waals surface area contributed by atoms with E-state index in [4.69, 9.17) is 4.74 Å². The minimum Gasteiger partial charge on any atom is -0.493 e. The summed E-state index contributed by atoms with van der Waals surface area (Å²) < 4.78 is 35.5. The Labute approximate surface area is 117 Å². The molecule has 0 aliphatic heterocycles. The van der Waals surface area contributed by atoms with Gasteiger partial charge in [0.2, 0.25) is 0 Å². The van der Waals surface area contributed by atoms with Gasteiger partial charge in [-0.2, -0.15) is 0 Å². The van der Waals surface area contributed by atoms with E-state index in [0.717, 1.165) is 18.4 Å². The van der Waals surface area contributed by atoms with Crippen LogP contribution < -0.4 is 4.74 Å². The second-order valence-corrected chi connectivity index (χ2v) is 5.53. The van der Waals surface area contributed by atoms with Crippen molar-refractivity contribution < 1.29 is 13.5 Å². The molecule has 0 atom stereocenters. The van der Waals surface area contributed by atoms with Crippen molar-refractivity contribution in [1.82, 2.24) is 4.57 Å². The first kappa shape index (κ1) is 13.2. The van der Waals surface area contributed by atoms with Crippen LogP contribution in [0.25, 0.3) is 11.3 Å². The molecular weight excluding hydrogens is 260 g/mol. The maximum atomic E-state index is 14.2. The second-order valence-electron chi connectivity index (χ2n) is 5.53. The molecule has 106 valence electrons. The van der Waals surface area contributed by atoms with Crippen molar-refractivity contribution in [2.24, 2.45) is 13.0 Å². The fourth-order valence-corrected chi connectivity index (χ4v) is 2.35. The number of aromatic nitrogens is 1. The van der Waals surface area contributed by atoms with E-state index >= 15 is 0 Å². The number of nitrogens with zero attached hydrogens (tertiary/aromatic N) is 1. The average Bonchev–Trinajstić information content (AvgIpc) is 3.13. The summed E-state index contributed by atoms with van der Waals surface area (Å²) in [6, 6.07) is 4.30. The van der Waals surface area contributed by atoms with Gasteiger partial charge in [0.25, 0.3) is 0 Å². The molecule has 0 bridgehead atoms. The molecule has 0 amide bonds. The molecule has 1 aliphatic rings. The molecule has 2 nitrogen and oxygen atoms in total. The highest BCUT2D eigenvalue weighted by molar-refractivity contribution is 5.64. The summed E-state index contributed by atoms with van der Waals surface area (Å²) in [4.78, 5) is 0. The van der Waals surface area contributed by atoms with Gasteiger partial charge in [0, 0.05) is 25.4 Å². The van der Waals surface area contributed by atoms with Gasteiger partial charge in [0.1, 0.15) is 17.4 Å². The SMILES string of the molecule is Cc1cc(-c2c(F)cc(OCC3CC3)cc2F)n(C)c1. The van der Waals surface area contributed by atoms with E-state index in [2.05, 4.69) is 0 Å². The lowest BCUT2D eigenvalue weighted by atomic mass is 10.1. The van der Waals surface area contributed by atoms with E-state index in [0.29, 0.717) is 18.2 Å². The zero-order chi connectivity index (χ0) is 14.3. The highest BCUT2D eigenvalue weighted by Crippen LogP contribution is 2.33. The van der Waals surface area contributed by atoms with Crippen LogP contribution in [0.1, 0.15) is 18.4 Å². The van der Waals surface area contributed by atoms with Crippen molar-refractivity contribution in [3.63, 3.8) is 0 Å². The van der Waals surface area contributed by atoms with Gasteiger partial charge in [-0.15, -0.1) is 0 Å². The first-order chi connectivity index (χ1) is 9.54. The standard InChI is InChI=1S/C16H17F2NO/c1-10-5-15(19(2)8-10)16-13(17)6-12(7-14(16)18)20-9-11-3-4-11/h5-8,11H,3-4,9H2,1-2H3. The molecule has 1 heterocycles. The van der Waals surface area contributed by atoms with Crippen LogP contribution in [0.3, 0.4) is 0 Å². The zero-order valence-electron chi connectivity index (χ0n) is 11.6. The summed E-state index contributed by atoms with van der Waals surface area (Å²) >= 11 is 0. The Morgan fingerprint density at radius 3 is 2.35 bits per heavy atom. The van der Waals surface area contributed by atoms with Gasteiger partial charge >= 0.3 is 0 Å². The summed E-state index contributed by atoms with van der Waals surface area (Å²) in [6.45, 7) is 2.44. The van der Waals surface area contributed by atoms with E-state index in [1.165, 1.54) is 12.1 Å². The molecular formula is C16H17F2NO. The molecule has 4 heteroatoms. The van der Waals surface area contributed by atoms with Crippen molar-refractivity contribution in [2.45, 2.75) is 19.8 Å². The monoisotopic (exact) mass is 277 g/mol. The van der Waals surface area contributed by atoms with Gasteiger partial charge in [-0.05, 0) is 37.3 Å². The summed E-state index contributed by atoms with van der Waals surface area (Å²) in [7, 11) is 1.78. The van der Waals surface area contributed by atoms with Gasteiger partial charge < -0.3 is 9.30 Å². The Kier molecular flexibility index (Phi) is 3.24. The quantitative estimate of drug-likeness (QED) is 0.821. The number of hydrogen-bond donors (Lipinski definition) is 0. The van der Waals surface area contributed by atoms with E-state index in [-0.39, 0.29) is 11.3 Å². The molecule has 1 saturated carbocycles. The van der Waals surface area contributed by atoms with E-state index in [9.17, 15) is 8.78 Å². The highest BCUT2D eigenvalue weighted by Gasteiger charge is 2.23. The third-order valence-electron chi connectivity index (χ3n) is 3.60. The molecule has 2 aromatic rings. The molecule has 0 radical (unpaired) electrons. The highest BCUT2D eigenvalue weighted by atomic mass is 19.1. The topological polar surface area (TPSA) is 14.2 Å². The summed E-state index contributed by atoms with van der Waals surface area (Å²) in [5, 5.41) is 0. The van der Waals surface area contributed by atoms with Crippen molar-refractivity contribution in [1.29, 1.82) is 0 Å². The van der Waals surface area contributed by atoms with Gasteiger partial charge in [-0.25, -0.2) is 8.78 Å². The van der Waals surface area contributed by atoms with Crippen molar-refractivity contribution >= 4 is 0 Å². The van der Waals surface area contributed by atoms with Gasteiger partial charge in [0.05, 0.1) is 17.9 Å². The number of halogens is 2. The van der Waals surface area contributed by atoms with E-state index < -0.39 is 11.6 Å². The summed E-state index contributed by atoms with van der Waals surface area (Å²) in [6.07, 6.45) is 4.13. The molecule has 0 saturated heterocycles. The summed E-state index contributed by atoms with van der Waals surface area (Å²) in [5.41, 5.74) is 1.50. The van der Waals surface area contributed by atoms with E-state index in [1.807, 2.05) is 13.1 Å². The fourth-order valence-electron chi connectivity index (χ4n) is 2.35. The van der Waals surface area contributed by atoms with Gasteiger partial charge in [0.15, 0.2) is 0 Å². The number of rotatable bonds is 4.